The summed E-state index contributed by atoms with van der Waals surface area (Å²) in [5.41, 5.74) is 0.755. The van der Waals surface area contributed by atoms with Crippen molar-refractivity contribution in [2.45, 2.75) is 63.0 Å². The van der Waals surface area contributed by atoms with Crippen LogP contribution in [0.1, 0.15) is 56.9 Å². The molecule has 20 heavy (non-hydrogen) atoms. The Morgan fingerprint density at radius 2 is 1.90 bits per heavy atom. The fourth-order valence-corrected chi connectivity index (χ4v) is 3.57. The Hall–Kier alpha value is -1.60. The Labute approximate surface area is 120 Å². The van der Waals surface area contributed by atoms with Crippen LogP contribution in [0.25, 0.3) is 0 Å². The number of nitrogens with zero attached hydrogens (tertiary/aromatic N) is 1. The second kappa shape index (κ2) is 5.80. The summed E-state index contributed by atoms with van der Waals surface area (Å²) in [6, 6.07) is 8.16. The lowest BCUT2D eigenvalue weighted by Gasteiger charge is -2.24. The fraction of sp³-hybridized carbons (Fsp3) is 0.588. The monoisotopic (exact) mass is 271 g/mol. The van der Waals surface area contributed by atoms with E-state index >= 15 is 0 Å². The van der Waals surface area contributed by atoms with Crippen LogP contribution in [-0.2, 0) is 10.3 Å². The van der Waals surface area contributed by atoms with Crippen molar-refractivity contribution in [1.29, 1.82) is 0 Å². The van der Waals surface area contributed by atoms with Crippen LogP contribution in [0.5, 0.6) is 5.75 Å². The van der Waals surface area contributed by atoms with E-state index in [0.29, 0.717) is 6.10 Å². The maximum atomic E-state index is 10.8. The lowest BCUT2D eigenvalue weighted by Crippen LogP contribution is -2.19. The molecule has 2 saturated carbocycles. The first-order valence-corrected chi connectivity index (χ1v) is 7.69. The van der Waals surface area contributed by atoms with E-state index < -0.39 is 0 Å². The van der Waals surface area contributed by atoms with E-state index in [0.717, 1.165) is 49.8 Å². The summed E-state index contributed by atoms with van der Waals surface area (Å²) in [7, 11) is 0. The summed E-state index contributed by atoms with van der Waals surface area (Å²) < 4.78 is 6.06. The van der Waals surface area contributed by atoms with Gasteiger partial charge >= 0.3 is 0 Å². The van der Waals surface area contributed by atoms with E-state index in [-0.39, 0.29) is 5.54 Å². The summed E-state index contributed by atoms with van der Waals surface area (Å²) in [5.74, 6) is 0.918. The Balaban J connectivity index is 1.83. The number of ether oxygens (including phenoxy) is 1. The van der Waals surface area contributed by atoms with Crippen LogP contribution in [-0.4, -0.2) is 12.2 Å². The van der Waals surface area contributed by atoms with Crippen molar-refractivity contribution in [3.05, 3.63) is 29.8 Å². The van der Waals surface area contributed by atoms with Crippen LogP contribution >= 0.6 is 0 Å². The van der Waals surface area contributed by atoms with Crippen molar-refractivity contribution >= 4 is 6.08 Å². The molecule has 3 nitrogen and oxygen atoms in total. The second-order valence-corrected chi connectivity index (χ2v) is 5.99. The van der Waals surface area contributed by atoms with E-state index in [2.05, 4.69) is 17.1 Å². The smallest absolute Gasteiger partial charge is 0.235 e. The molecule has 0 N–H and O–H groups in total. The van der Waals surface area contributed by atoms with Crippen molar-refractivity contribution in [3.8, 4) is 5.75 Å². The van der Waals surface area contributed by atoms with Crippen LogP contribution in [0.15, 0.2) is 29.3 Å². The number of isocyanates is 1. The largest absolute Gasteiger partial charge is 0.490 e. The van der Waals surface area contributed by atoms with Crippen LogP contribution in [0.3, 0.4) is 0 Å². The second-order valence-electron chi connectivity index (χ2n) is 5.99. The molecule has 106 valence electrons. The van der Waals surface area contributed by atoms with Gasteiger partial charge in [-0.1, -0.05) is 25.0 Å². The molecule has 2 fully saturated rings. The summed E-state index contributed by atoms with van der Waals surface area (Å²) in [6.45, 7) is 0. The van der Waals surface area contributed by atoms with Gasteiger partial charge in [0.25, 0.3) is 0 Å². The molecular formula is C17H21NO2. The average molecular weight is 271 g/mol. The Morgan fingerprint density at radius 3 is 2.60 bits per heavy atom. The molecule has 0 radical (unpaired) electrons. The van der Waals surface area contributed by atoms with E-state index in [1.807, 2.05) is 12.1 Å². The molecule has 2 aliphatic carbocycles. The van der Waals surface area contributed by atoms with E-state index in [1.165, 1.54) is 12.8 Å². The highest BCUT2D eigenvalue weighted by Crippen LogP contribution is 2.43. The lowest BCUT2D eigenvalue weighted by molar-refractivity contribution is 0.209. The van der Waals surface area contributed by atoms with Crippen LogP contribution < -0.4 is 4.74 Å². The predicted octanol–water partition coefficient (Wildman–Crippen LogP) is 4.11. The van der Waals surface area contributed by atoms with Gasteiger partial charge in [0.1, 0.15) is 5.75 Å². The van der Waals surface area contributed by atoms with Gasteiger partial charge in [0.2, 0.25) is 6.08 Å². The first kappa shape index (κ1) is 13.4. The molecule has 0 bridgehead atoms. The summed E-state index contributed by atoms with van der Waals surface area (Å²) in [6.07, 6.45) is 11.1. The highest BCUT2D eigenvalue weighted by atomic mass is 16.5. The van der Waals surface area contributed by atoms with Crippen molar-refractivity contribution in [3.63, 3.8) is 0 Å². The molecule has 0 aliphatic heterocycles. The quantitative estimate of drug-likeness (QED) is 0.610. The van der Waals surface area contributed by atoms with Gasteiger partial charge in [-0.25, -0.2) is 4.79 Å². The molecule has 0 saturated heterocycles. The molecule has 0 unspecified atom stereocenters. The van der Waals surface area contributed by atoms with Gasteiger partial charge in [0.15, 0.2) is 0 Å². The normalized spacial score (nSPS) is 21.6. The van der Waals surface area contributed by atoms with Gasteiger partial charge in [-0.2, -0.15) is 4.99 Å². The summed E-state index contributed by atoms with van der Waals surface area (Å²) >= 11 is 0. The fourth-order valence-electron chi connectivity index (χ4n) is 3.57. The van der Waals surface area contributed by atoms with E-state index in [9.17, 15) is 4.79 Å². The standard InChI is InChI=1S/C17H21NO2/c19-13-18-17(10-3-4-11-17)14-6-5-9-16(12-14)20-15-7-1-2-8-15/h5-6,9,12,15H,1-4,7-8,10-11H2. The van der Waals surface area contributed by atoms with Gasteiger partial charge in [0.05, 0.1) is 11.6 Å². The minimum absolute atomic E-state index is 0.350. The van der Waals surface area contributed by atoms with Gasteiger partial charge in [0, 0.05) is 0 Å². The van der Waals surface area contributed by atoms with E-state index in [1.54, 1.807) is 6.08 Å². The molecule has 0 spiro atoms. The molecular weight excluding hydrogens is 250 g/mol. The molecule has 3 rings (SSSR count). The third-order valence-corrected chi connectivity index (χ3v) is 4.67. The summed E-state index contributed by atoms with van der Waals surface area (Å²) in [5, 5.41) is 0. The zero-order valence-electron chi connectivity index (χ0n) is 11.8. The number of benzene rings is 1. The molecule has 0 atom stereocenters. The molecule has 0 amide bonds. The van der Waals surface area contributed by atoms with E-state index in [4.69, 9.17) is 4.74 Å². The number of hydrogen-bond donors (Lipinski definition) is 0. The van der Waals surface area contributed by atoms with Crippen LogP contribution in [0.4, 0.5) is 0 Å². The average Bonchev–Trinajstić information content (AvgIpc) is 3.12. The van der Waals surface area contributed by atoms with Gasteiger partial charge < -0.3 is 4.74 Å². The van der Waals surface area contributed by atoms with Gasteiger partial charge in [-0.15, -0.1) is 0 Å². The Bertz CT molecular complexity index is 507. The molecule has 0 heterocycles. The van der Waals surface area contributed by atoms with Crippen molar-refractivity contribution in [2.75, 3.05) is 0 Å². The predicted molar refractivity (Wildman–Crippen MR) is 77.6 cm³/mol. The first-order chi connectivity index (χ1) is 9.82. The number of aliphatic imine (C=N–C) groups is 1. The van der Waals surface area contributed by atoms with Crippen molar-refractivity contribution in [1.82, 2.24) is 0 Å². The Morgan fingerprint density at radius 1 is 1.15 bits per heavy atom. The number of hydrogen-bond acceptors (Lipinski definition) is 3. The first-order valence-electron chi connectivity index (χ1n) is 7.69. The lowest BCUT2D eigenvalue weighted by atomic mass is 9.89. The molecule has 1 aromatic rings. The number of rotatable bonds is 4. The van der Waals surface area contributed by atoms with Crippen molar-refractivity contribution in [2.24, 2.45) is 4.99 Å². The molecule has 0 aromatic heterocycles. The molecule has 1 aromatic carbocycles. The van der Waals surface area contributed by atoms with Gasteiger partial charge in [-0.3, -0.25) is 0 Å². The summed E-state index contributed by atoms with van der Waals surface area (Å²) in [4.78, 5) is 14.9. The highest BCUT2D eigenvalue weighted by Gasteiger charge is 2.35. The maximum absolute atomic E-state index is 10.8. The third kappa shape index (κ3) is 2.64. The third-order valence-electron chi connectivity index (χ3n) is 4.67. The Kier molecular flexibility index (Phi) is 3.88. The highest BCUT2D eigenvalue weighted by molar-refractivity contribution is 5.41. The van der Waals surface area contributed by atoms with Crippen molar-refractivity contribution < 1.29 is 9.53 Å². The SMILES string of the molecule is O=C=NC1(c2cccc(OC3CCCC3)c2)CCCC1. The van der Waals surface area contributed by atoms with Gasteiger partial charge in [-0.05, 0) is 56.2 Å². The zero-order chi connectivity index (χ0) is 13.8. The number of carbonyl (C=O) groups excluding carboxylic acids is 1. The molecule has 3 heteroatoms. The minimum atomic E-state index is -0.350. The maximum Gasteiger partial charge on any atom is 0.235 e. The molecule has 2 aliphatic rings. The van der Waals surface area contributed by atoms with Crippen LogP contribution in [0.2, 0.25) is 0 Å². The topological polar surface area (TPSA) is 38.7 Å². The zero-order valence-corrected chi connectivity index (χ0v) is 11.8. The van der Waals surface area contributed by atoms with Crippen LogP contribution in [0, 0.1) is 0 Å². The minimum Gasteiger partial charge on any atom is -0.490 e.